The summed E-state index contributed by atoms with van der Waals surface area (Å²) >= 11 is 0. The Morgan fingerprint density at radius 1 is 1.58 bits per heavy atom. The predicted molar refractivity (Wildman–Crippen MR) is 50.2 cm³/mol. The number of aromatic nitrogens is 2. The first-order valence-electron chi connectivity index (χ1n) is 4.18. The van der Waals surface area contributed by atoms with Crippen LogP contribution < -0.4 is 5.32 Å². The van der Waals surface area contributed by atoms with Gasteiger partial charge < -0.3 is 10.4 Å². The molecule has 4 heteroatoms. The lowest BCUT2D eigenvalue weighted by molar-refractivity contribution is 0.269. The maximum Gasteiger partial charge on any atom is 0.0723 e. The van der Waals surface area contributed by atoms with Crippen molar-refractivity contribution in [1.82, 2.24) is 9.78 Å². The van der Waals surface area contributed by atoms with Gasteiger partial charge in [0.15, 0.2) is 0 Å². The third-order valence-corrected chi connectivity index (χ3v) is 1.25. The number of rotatable bonds is 3. The zero-order valence-corrected chi connectivity index (χ0v) is 7.91. The molecule has 2 N–H and O–H groups in total. The molecule has 1 heterocycles. The lowest BCUT2D eigenvalue weighted by Gasteiger charge is -1.94. The Morgan fingerprint density at radius 2 is 2.25 bits per heavy atom. The molecular weight excluding hydrogens is 154 g/mol. The molecule has 0 radical (unpaired) electrons. The maximum atomic E-state index is 8.52. The van der Waals surface area contributed by atoms with Crippen LogP contribution in [0.1, 0.15) is 13.8 Å². The molecule has 0 saturated carbocycles. The fourth-order valence-electron chi connectivity index (χ4n) is 0.717. The van der Waals surface area contributed by atoms with Crippen molar-refractivity contribution in [3.63, 3.8) is 0 Å². The van der Waals surface area contributed by atoms with E-state index in [9.17, 15) is 0 Å². The van der Waals surface area contributed by atoms with Gasteiger partial charge in [0, 0.05) is 13.2 Å². The number of hydrogen-bond acceptors (Lipinski definition) is 3. The van der Waals surface area contributed by atoms with Crippen molar-refractivity contribution in [1.29, 1.82) is 0 Å². The van der Waals surface area contributed by atoms with Gasteiger partial charge in [-0.15, -0.1) is 0 Å². The van der Waals surface area contributed by atoms with E-state index in [1.54, 1.807) is 10.9 Å². The van der Waals surface area contributed by atoms with Gasteiger partial charge >= 0.3 is 0 Å². The van der Waals surface area contributed by atoms with Crippen LogP contribution in [0.2, 0.25) is 0 Å². The van der Waals surface area contributed by atoms with Crippen LogP contribution in [-0.2, 0) is 6.54 Å². The molecule has 0 unspecified atom stereocenters. The van der Waals surface area contributed by atoms with Gasteiger partial charge in [0.25, 0.3) is 0 Å². The van der Waals surface area contributed by atoms with Gasteiger partial charge in [-0.25, -0.2) is 0 Å². The van der Waals surface area contributed by atoms with Crippen LogP contribution in [0.25, 0.3) is 0 Å². The van der Waals surface area contributed by atoms with Crippen molar-refractivity contribution < 1.29 is 5.11 Å². The van der Waals surface area contributed by atoms with E-state index >= 15 is 0 Å². The van der Waals surface area contributed by atoms with Crippen LogP contribution in [0, 0.1) is 0 Å². The predicted octanol–water partition coefficient (Wildman–Crippen LogP) is 0.943. The number of hydrogen-bond donors (Lipinski definition) is 2. The highest BCUT2D eigenvalue weighted by Crippen LogP contribution is 2.01. The molecule has 0 aliphatic carbocycles. The van der Waals surface area contributed by atoms with Crippen molar-refractivity contribution in [2.24, 2.45) is 0 Å². The summed E-state index contributed by atoms with van der Waals surface area (Å²) in [4.78, 5) is 0. The molecule has 0 fully saturated rings. The van der Waals surface area contributed by atoms with Crippen LogP contribution in [0.15, 0.2) is 12.4 Å². The minimum absolute atomic E-state index is 0.130. The molecule has 0 aliphatic rings. The average molecular weight is 171 g/mol. The van der Waals surface area contributed by atoms with Gasteiger partial charge in [-0.1, -0.05) is 13.8 Å². The van der Waals surface area contributed by atoms with Crippen molar-refractivity contribution >= 4 is 5.69 Å². The Hall–Kier alpha value is -1.03. The van der Waals surface area contributed by atoms with Crippen molar-refractivity contribution in [2.45, 2.75) is 20.4 Å². The first-order chi connectivity index (χ1) is 5.86. The molecule has 0 spiro atoms. The first kappa shape index (κ1) is 11.0. The second-order valence-corrected chi connectivity index (χ2v) is 1.97. The molecule has 70 valence electrons. The normalized spacial score (nSPS) is 8.67. The monoisotopic (exact) mass is 171 g/mol. The highest BCUT2D eigenvalue weighted by Gasteiger charge is 1.92. The van der Waals surface area contributed by atoms with E-state index in [2.05, 4.69) is 10.4 Å². The van der Waals surface area contributed by atoms with Gasteiger partial charge in [0.1, 0.15) is 0 Å². The Bertz CT molecular complexity index is 198. The van der Waals surface area contributed by atoms with Crippen molar-refractivity contribution in [2.75, 3.05) is 19.0 Å². The SMILES string of the molecule is CC.CNc1cnn(CCO)c1. The Labute approximate surface area is 73.2 Å². The summed E-state index contributed by atoms with van der Waals surface area (Å²) < 4.78 is 1.69. The standard InChI is InChI=1S/C6H11N3O.C2H6/c1-7-6-4-8-9(5-6)2-3-10;1-2/h4-5,7,10H,2-3H2,1H3;1-2H3. The molecule has 1 aromatic heterocycles. The van der Waals surface area contributed by atoms with E-state index in [4.69, 9.17) is 5.11 Å². The van der Waals surface area contributed by atoms with E-state index in [-0.39, 0.29) is 6.61 Å². The van der Waals surface area contributed by atoms with Gasteiger partial charge in [0.2, 0.25) is 0 Å². The van der Waals surface area contributed by atoms with Gasteiger partial charge in [-0.05, 0) is 0 Å². The Kier molecular flexibility index (Phi) is 6.09. The summed E-state index contributed by atoms with van der Waals surface area (Å²) in [6, 6.07) is 0. The average Bonchev–Trinajstić information content (AvgIpc) is 2.57. The molecule has 0 amide bonds. The Morgan fingerprint density at radius 3 is 2.67 bits per heavy atom. The van der Waals surface area contributed by atoms with Crippen LogP contribution in [-0.4, -0.2) is 28.5 Å². The number of nitrogens with one attached hydrogen (secondary N) is 1. The Balaban J connectivity index is 0.000000561. The molecule has 0 saturated heterocycles. The highest BCUT2D eigenvalue weighted by atomic mass is 16.3. The smallest absolute Gasteiger partial charge is 0.0723 e. The molecule has 1 aromatic rings. The zero-order valence-electron chi connectivity index (χ0n) is 7.91. The second kappa shape index (κ2) is 6.67. The number of aliphatic hydroxyl groups excluding tert-OH is 1. The molecule has 0 atom stereocenters. The van der Waals surface area contributed by atoms with E-state index in [1.807, 2.05) is 27.1 Å². The molecule has 12 heavy (non-hydrogen) atoms. The molecule has 4 nitrogen and oxygen atoms in total. The first-order valence-corrected chi connectivity index (χ1v) is 4.18. The number of nitrogens with zero attached hydrogens (tertiary/aromatic N) is 2. The summed E-state index contributed by atoms with van der Waals surface area (Å²) in [7, 11) is 1.83. The summed E-state index contributed by atoms with van der Waals surface area (Å²) in [5.74, 6) is 0. The topological polar surface area (TPSA) is 50.1 Å². The lowest BCUT2D eigenvalue weighted by atomic mass is 10.6. The summed E-state index contributed by atoms with van der Waals surface area (Å²) in [5, 5.41) is 15.4. The van der Waals surface area contributed by atoms with E-state index in [0.29, 0.717) is 6.54 Å². The minimum atomic E-state index is 0.130. The van der Waals surface area contributed by atoms with Crippen LogP contribution >= 0.6 is 0 Å². The lowest BCUT2D eigenvalue weighted by Crippen LogP contribution is -2.01. The van der Waals surface area contributed by atoms with E-state index in [1.165, 1.54) is 0 Å². The van der Waals surface area contributed by atoms with Gasteiger partial charge in [-0.3, -0.25) is 4.68 Å². The fourth-order valence-corrected chi connectivity index (χ4v) is 0.717. The molecular formula is C8H17N3O. The largest absolute Gasteiger partial charge is 0.394 e. The van der Waals surface area contributed by atoms with E-state index in [0.717, 1.165) is 5.69 Å². The summed E-state index contributed by atoms with van der Waals surface area (Å²) in [6.45, 7) is 4.69. The van der Waals surface area contributed by atoms with Gasteiger partial charge in [0.05, 0.1) is 25.0 Å². The van der Waals surface area contributed by atoms with Crippen molar-refractivity contribution in [3.05, 3.63) is 12.4 Å². The fraction of sp³-hybridized carbons (Fsp3) is 0.625. The molecule has 1 rings (SSSR count). The van der Waals surface area contributed by atoms with Crippen molar-refractivity contribution in [3.8, 4) is 0 Å². The molecule has 0 aliphatic heterocycles. The molecule has 0 aromatic carbocycles. The number of anilines is 1. The summed E-state index contributed by atoms with van der Waals surface area (Å²) in [6.07, 6.45) is 3.56. The summed E-state index contributed by atoms with van der Waals surface area (Å²) in [5.41, 5.74) is 0.966. The molecule has 0 bridgehead atoms. The van der Waals surface area contributed by atoms with E-state index < -0.39 is 0 Å². The maximum absolute atomic E-state index is 8.52. The van der Waals surface area contributed by atoms with Gasteiger partial charge in [-0.2, -0.15) is 5.10 Å². The van der Waals surface area contributed by atoms with Crippen LogP contribution in [0.5, 0.6) is 0 Å². The third kappa shape index (κ3) is 3.39. The van der Waals surface area contributed by atoms with Crippen LogP contribution in [0.3, 0.4) is 0 Å². The third-order valence-electron chi connectivity index (χ3n) is 1.25. The highest BCUT2D eigenvalue weighted by molar-refractivity contribution is 5.36. The minimum Gasteiger partial charge on any atom is -0.394 e. The number of aliphatic hydroxyl groups is 1. The quantitative estimate of drug-likeness (QED) is 0.711. The van der Waals surface area contributed by atoms with Crippen LogP contribution in [0.4, 0.5) is 5.69 Å². The zero-order chi connectivity index (χ0) is 9.40. The second-order valence-electron chi connectivity index (χ2n) is 1.97.